The van der Waals surface area contributed by atoms with Crippen LogP contribution in [0.15, 0.2) is 0 Å². The van der Waals surface area contributed by atoms with Crippen molar-refractivity contribution in [1.82, 2.24) is 10.2 Å². The van der Waals surface area contributed by atoms with Gasteiger partial charge in [0.15, 0.2) is 9.84 Å². The summed E-state index contributed by atoms with van der Waals surface area (Å²) in [7, 11) is -2.90. The van der Waals surface area contributed by atoms with Crippen molar-refractivity contribution in [2.45, 2.75) is 38.9 Å². The second-order valence-corrected chi connectivity index (χ2v) is 8.18. The smallest absolute Gasteiger partial charge is 0.153 e. The molecular weight excluding hydrogens is 248 g/mol. The van der Waals surface area contributed by atoms with Gasteiger partial charge in [0.1, 0.15) is 0 Å². The van der Waals surface area contributed by atoms with Crippen LogP contribution in [0.4, 0.5) is 0 Å². The maximum atomic E-state index is 11.8. The average molecular weight is 276 g/mol. The van der Waals surface area contributed by atoms with Crippen molar-refractivity contribution in [3.63, 3.8) is 0 Å². The molecule has 108 valence electrons. The fourth-order valence-corrected chi connectivity index (χ4v) is 3.28. The lowest BCUT2D eigenvalue weighted by Gasteiger charge is -2.29. The zero-order valence-electron chi connectivity index (χ0n) is 12.0. The van der Waals surface area contributed by atoms with Crippen LogP contribution in [0.5, 0.6) is 0 Å². The highest BCUT2D eigenvalue weighted by Gasteiger charge is 2.20. The SMILES string of the molecule is CCN(CCS(=O)(=O)C(C)C)CC1CCNCC1. The van der Waals surface area contributed by atoms with Crippen molar-refractivity contribution in [3.05, 3.63) is 0 Å². The summed E-state index contributed by atoms with van der Waals surface area (Å²) in [5, 5.41) is 3.11. The second kappa shape index (κ2) is 7.46. The number of piperidine rings is 1. The minimum Gasteiger partial charge on any atom is -0.317 e. The highest BCUT2D eigenvalue weighted by molar-refractivity contribution is 7.92. The third-order valence-corrected chi connectivity index (χ3v) is 6.02. The third kappa shape index (κ3) is 5.24. The van der Waals surface area contributed by atoms with Gasteiger partial charge in [0, 0.05) is 13.1 Å². The maximum Gasteiger partial charge on any atom is 0.153 e. The fraction of sp³-hybridized carbons (Fsp3) is 1.00. The first kappa shape index (κ1) is 15.9. The van der Waals surface area contributed by atoms with Crippen molar-refractivity contribution >= 4 is 9.84 Å². The Labute approximate surface area is 112 Å². The number of rotatable bonds is 7. The van der Waals surface area contributed by atoms with Gasteiger partial charge in [-0.3, -0.25) is 0 Å². The van der Waals surface area contributed by atoms with Crippen LogP contribution in [0.3, 0.4) is 0 Å². The Bertz CT molecular complexity index is 322. The van der Waals surface area contributed by atoms with Gasteiger partial charge in [-0.25, -0.2) is 8.42 Å². The molecule has 1 aliphatic rings. The van der Waals surface area contributed by atoms with E-state index in [2.05, 4.69) is 17.1 Å². The Kier molecular flexibility index (Phi) is 6.60. The molecular formula is C13H28N2O2S. The molecule has 0 aromatic carbocycles. The molecule has 0 aliphatic carbocycles. The summed E-state index contributed by atoms with van der Waals surface area (Å²) < 4.78 is 23.6. The van der Waals surface area contributed by atoms with Crippen LogP contribution in [0, 0.1) is 5.92 Å². The number of sulfone groups is 1. The van der Waals surface area contributed by atoms with Crippen LogP contribution >= 0.6 is 0 Å². The molecule has 4 nitrogen and oxygen atoms in total. The number of hydrogen-bond acceptors (Lipinski definition) is 4. The Morgan fingerprint density at radius 2 is 1.89 bits per heavy atom. The molecule has 1 rings (SSSR count). The molecule has 0 saturated carbocycles. The highest BCUT2D eigenvalue weighted by atomic mass is 32.2. The normalized spacial score (nSPS) is 18.7. The van der Waals surface area contributed by atoms with Gasteiger partial charge in [0.25, 0.3) is 0 Å². The van der Waals surface area contributed by atoms with E-state index in [9.17, 15) is 8.42 Å². The van der Waals surface area contributed by atoms with Gasteiger partial charge in [0.2, 0.25) is 0 Å². The topological polar surface area (TPSA) is 49.4 Å². The van der Waals surface area contributed by atoms with Crippen LogP contribution in [0.2, 0.25) is 0 Å². The summed E-state index contributed by atoms with van der Waals surface area (Å²) in [5.74, 6) is 1.02. The molecule has 0 spiro atoms. The molecule has 0 amide bonds. The Morgan fingerprint density at radius 3 is 2.39 bits per heavy atom. The molecule has 0 atom stereocenters. The van der Waals surface area contributed by atoms with E-state index in [1.807, 2.05) is 0 Å². The van der Waals surface area contributed by atoms with Crippen LogP contribution in [-0.2, 0) is 9.84 Å². The summed E-state index contributed by atoms with van der Waals surface area (Å²) in [5.41, 5.74) is 0. The van der Waals surface area contributed by atoms with E-state index in [4.69, 9.17) is 0 Å². The summed E-state index contributed by atoms with van der Waals surface area (Å²) in [6, 6.07) is 0. The Hall–Kier alpha value is -0.130. The van der Waals surface area contributed by atoms with Gasteiger partial charge >= 0.3 is 0 Å². The Balaban J connectivity index is 2.37. The lowest BCUT2D eigenvalue weighted by atomic mass is 9.97. The largest absolute Gasteiger partial charge is 0.317 e. The molecule has 0 radical (unpaired) electrons. The molecule has 5 heteroatoms. The summed E-state index contributed by atoms with van der Waals surface area (Å²) in [4.78, 5) is 2.29. The summed E-state index contributed by atoms with van der Waals surface area (Å²) in [6.07, 6.45) is 2.43. The molecule has 0 bridgehead atoms. The van der Waals surface area contributed by atoms with Crippen molar-refractivity contribution in [2.75, 3.05) is 38.5 Å². The maximum absolute atomic E-state index is 11.8. The predicted molar refractivity (Wildman–Crippen MR) is 76.6 cm³/mol. The van der Waals surface area contributed by atoms with E-state index in [0.717, 1.165) is 32.1 Å². The van der Waals surface area contributed by atoms with Crippen LogP contribution in [-0.4, -0.2) is 57.0 Å². The first-order valence-corrected chi connectivity index (χ1v) is 8.82. The van der Waals surface area contributed by atoms with Gasteiger partial charge in [0.05, 0.1) is 11.0 Å². The van der Waals surface area contributed by atoms with Crippen LogP contribution in [0.1, 0.15) is 33.6 Å². The summed E-state index contributed by atoms with van der Waals surface area (Å²) >= 11 is 0. The lowest BCUT2D eigenvalue weighted by Crippen LogP contribution is -2.38. The van der Waals surface area contributed by atoms with Crippen molar-refractivity contribution in [3.8, 4) is 0 Å². The molecule has 0 aromatic rings. The molecule has 0 unspecified atom stereocenters. The highest BCUT2D eigenvalue weighted by Crippen LogP contribution is 2.13. The van der Waals surface area contributed by atoms with E-state index in [0.29, 0.717) is 12.3 Å². The van der Waals surface area contributed by atoms with Gasteiger partial charge in [-0.05, 0) is 52.2 Å². The minimum atomic E-state index is -2.90. The standard InChI is InChI=1S/C13H28N2O2S/c1-4-15(9-10-18(16,17)12(2)3)11-13-5-7-14-8-6-13/h12-14H,4-11H2,1-3H3. The van der Waals surface area contributed by atoms with Crippen LogP contribution in [0.25, 0.3) is 0 Å². The first-order valence-electron chi connectivity index (χ1n) is 7.10. The Morgan fingerprint density at radius 1 is 1.28 bits per heavy atom. The molecule has 1 saturated heterocycles. The summed E-state index contributed by atoms with van der Waals surface area (Å²) in [6.45, 7) is 10.5. The average Bonchev–Trinajstić information content (AvgIpc) is 2.35. The number of nitrogens with zero attached hydrogens (tertiary/aromatic N) is 1. The predicted octanol–water partition coefficient (Wildman–Crippen LogP) is 1.13. The monoisotopic (exact) mass is 276 g/mol. The van der Waals surface area contributed by atoms with E-state index < -0.39 is 9.84 Å². The van der Waals surface area contributed by atoms with Crippen molar-refractivity contribution in [2.24, 2.45) is 5.92 Å². The van der Waals surface area contributed by atoms with E-state index in [-0.39, 0.29) is 5.25 Å². The second-order valence-electron chi connectivity index (χ2n) is 5.50. The van der Waals surface area contributed by atoms with E-state index in [1.165, 1.54) is 12.8 Å². The molecule has 1 heterocycles. The van der Waals surface area contributed by atoms with Gasteiger partial charge in [-0.15, -0.1) is 0 Å². The van der Waals surface area contributed by atoms with E-state index >= 15 is 0 Å². The molecule has 1 N–H and O–H groups in total. The van der Waals surface area contributed by atoms with Gasteiger partial charge in [-0.2, -0.15) is 0 Å². The zero-order valence-corrected chi connectivity index (χ0v) is 12.8. The molecule has 0 aromatic heterocycles. The lowest BCUT2D eigenvalue weighted by molar-refractivity contribution is 0.223. The first-order chi connectivity index (χ1) is 8.45. The molecule has 1 aliphatic heterocycles. The number of nitrogens with one attached hydrogen (secondary N) is 1. The fourth-order valence-electron chi connectivity index (χ4n) is 2.30. The van der Waals surface area contributed by atoms with Crippen LogP contribution < -0.4 is 5.32 Å². The third-order valence-electron chi connectivity index (χ3n) is 3.83. The molecule has 1 fully saturated rings. The zero-order chi connectivity index (χ0) is 13.6. The number of hydrogen-bond donors (Lipinski definition) is 1. The molecule has 18 heavy (non-hydrogen) atoms. The van der Waals surface area contributed by atoms with Gasteiger partial charge in [-0.1, -0.05) is 6.92 Å². The quantitative estimate of drug-likeness (QED) is 0.757. The van der Waals surface area contributed by atoms with Crippen molar-refractivity contribution < 1.29 is 8.42 Å². The minimum absolute atomic E-state index is 0.255. The van der Waals surface area contributed by atoms with Gasteiger partial charge < -0.3 is 10.2 Å². The van der Waals surface area contributed by atoms with E-state index in [1.54, 1.807) is 13.8 Å². The van der Waals surface area contributed by atoms with Crippen molar-refractivity contribution in [1.29, 1.82) is 0 Å².